The normalized spacial score (nSPS) is 33.2. The molecular weight excluding hydrogens is 268 g/mol. The highest BCUT2D eigenvalue weighted by atomic mass is 16.5. The number of urea groups is 1. The van der Waals surface area contributed by atoms with Gasteiger partial charge < -0.3 is 19.3 Å². The molecule has 0 unspecified atom stereocenters. The van der Waals surface area contributed by atoms with E-state index in [-0.39, 0.29) is 24.3 Å². The van der Waals surface area contributed by atoms with E-state index in [1.54, 1.807) is 4.90 Å². The molecule has 0 bridgehead atoms. The molecule has 0 spiro atoms. The quantitative estimate of drug-likeness (QED) is 0.801. The Kier molecular flexibility index (Phi) is 4.69. The fourth-order valence-electron chi connectivity index (χ4n) is 4.03. The van der Waals surface area contributed by atoms with Crippen LogP contribution in [0.5, 0.6) is 0 Å². The predicted octanol–water partition coefficient (Wildman–Crippen LogP) is 2.11. The van der Waals surface area contributed by atoms with E-state index in [9.17, 15) is 4.79 Å². The van der Waals surface area contributed by atoms with Crippen LogP contribution >= 0.6 is 0 Å². The summed E-state index contributed by atoms with van der Waals surface area (Å²) >= 11 is 0. The zero-order valence-electron chi connectivity index (χ0n) is 13.3. The van der Waals surface area contributed by atoms with Crippen molar-refractivity contribution in [2.75, 3.05) is 33.9 Å². The SMILES string of the molecule is CN(C)C(=O)N1CCO[C@H]2[C@H](OCC3CCCC3)CC[C@@H]21. The molecule has 5 heteroatoms. The average Bonchev–Trinajstić information content (AvgIpc) is 3.13. The van der Waals surface area contributed by atoms with Crippen molar-refractivity contribution in [2.45, 2.75) is 56.8 Å². The van der Waals surface area contributed by atoms with Gasteiger partial charge in [0.25, 0.3) is 0 Å². The Hall–Kier alpha value is -0.810. The maximum Gasteiger partial charge on any atom is 0.319 e. The lowest BCUT2D eigenvalue weighted by Gasteiger charge is -2.40. The first-order valence-corrected chi connectivity index (χ1v) is 8.38. The highest BCUT2D eigenvalue weighted by molar-refractivity contribution is 5.74. The van der Waals surface area contributed by atoms with Crippen molar-refractivity contribution in [2.24, 2.45) is 5.92 Å². The van der Waals surface area contributed by atoms with Crippen LogP contribution in [0, 0.1) is 5.92 Å². The third-order valence-electron chi connectivity index (χ3n) is 5.18. The second-order valence-electron chi connectivity index (χ2n) is 6.87. The van der Waals surface area contributed by atoms with E-state index < -0.39 is 0 Å². The standard InChI is InChI=1S/C16H28N2O3/c1-17(2)16(19)18-9-10-20-15-13(18)7-8-14(15)21-11-12-5-3-4-6-12/h12-15H,3-11H2,1-2H3/t13-,14+,15+/m0/s1. The van der Waals surface area contributed by atoms with Crippen LogP contribution in [0.25, 0.3) is 0 Å². The molecule has 3 fully saturated rings. The van der Waals surface area contributed by atoms with Gasteiger partial charge in [-0.15, -0.1) is 0 Å². The van der Waals surface area contributed by atoms with E-state index >= 15 is 0 Å². The summed E-state index contributed by atoms with van der Waals surface area (Å²) in [5, 5.41) is 0. The van der Waals surface area contributed by atoms with Crippen molar-refractivity contribution in [1.29, 1.82) is 0 Å². The number of ether oxygens (including phenoxy) is 2. The van der Waals surface area contributed by atoms with Crippen molar-refractivity contribution in [3.05, 3.63) is 0 Å². The fourth-order valence-corrected chi connectivity index (χ4v) is 4.03. The van der Waals surface area contributed by atoms with Crippen LogP contribution in [-0.4, -0.2) is 67.9 Å². The van der Waals surface area contributed by atoms with Crippen molar-refractivity contribution in [3.8, 4) is 0 Å². The molecule has 0 radical (unpaired) electrons. The van der Waals surface area contributed by atoms with E-state index in [1.165, 1.54) is 25.7 Å². The van der Waals surface area contributed by atoms with Crippen molar-refractivity contribution < 1.29 is 14.3 Å². The van der Waals surface area contributed by atoms with Crippen LogP contribution in [0.15, 0.2) is 0 Å². The summed E-state index contributed by atoms with van der Waals surface area (Å²) < 4.78 is 12.1. The lowest BCUT2D eigenvalue weighted by Crippen LogP contribution is -2.56. The van der Waals surface area contributed by atoms with Crippen molar-refractivity contribution in [1.82, 2.24) is 9.80 Å². The van der Waals surface area contributed by atoms with Gasteiger partial charge in [-0.3, -0.25) is 0 Å². The summed E-state index contributed by atoms with van der Waals surface area (Å²) in [7, 11) is 3.63. The minimum Gasteiger partial charge on any atom is -0.375 e. The first-order valence-electron chi connectivity index (χ1n) is 8.38. The van der Waals surface area contributed by atoms with Gasteiger partial charge in [-0.05, 0) is 31.6 Å². The fraction of sp³-hybridized carbons (Fsp3) is 0.938. The molecule has 2 saturated carbocycles. The van der Waals surface area contributed by atoms with Gasteiger partial charge in [0.2, 0.25) is 0 Å². The molecule has 0 aromatic rings. The van der Waals surface area contributed by atoms with E-state index in [1.807, 2.05) is 19.0 Å². The molecule has 3 aliphatic rings. The minimum atomic E-state index is 0.0732. The Morgan fingerprint density at radius 1 is 1.24 bits per heavy atom. The lowest BCUT2D eigenvalue weighted by molar-refractivity contribution is -0.109. The van der Waals surface area contributed by atoms with Crippen molar-refractivity contribution >= 4 is 6.03 Å². The summed E-state index contributed by atoms with van der Waals surface area (Å²) in [6.07, 6.45) is 7.59. The molecule has 3 rings (SSSR count). The van der Waals surface area contributed by atoms with Crippen LogP contribution in [-0.2, 0) is 9.47 Å². The highest BCUT2D eigenvalue weighted by Crippen LogP contribution is 2.34. The number of rotatable bonds is 3. The van der Waals surface area contributed by atoms with Crippen LogP contribution in [0.4, 0.5) is 4.79 Å². The first kappa shape index (κ1) is 15.1. The number of carbonyl (C=O) groups is 1. The molecule has 120 valence electrons. The second kappa shape index (κ2) is 6.53. The Balaban J connectivity index is 1.56. The highest BCUT2D eigenvalue weighted by Gasteiger charge is 2.45. The summed E-state index contributed by atoms with van der Waals surface area (Å²) in [6.45, 7) is 2.20. The number of hydrogen-bond donors (Lipinski definition) is 0. The third kappa shape index (κ3) is 3.19. The third-order valence-corrected chi connectivity index (χ3v) is 5.18. The molecule has 1 aliphatic heterocycles. The molecular formula is C16H28N2O3. The number of hydrogen-bond acceptors (Lipinski definition) is 3. The largest absolute Gasteiger partial charge is 0.375 e. The van der Waals surface area contributed by atoms with Crippen LogP contribution in [0.3, 0.4) is 0 Å². The van der Waals surface area contributed by atoms with E-state index in [0.29, 0.717) is 13.2 Å². The average molecular weight is 296 g/mol. The smallest absolute Gasteiger partial charge is 0.319 e. The maximum absolute atomic E-state index is 12.3. The van der Waals surface area contributed by atoms with E-state index in [0.717, 1.165) is 25.4 Å². The van der Waals surface area contributed by atoms with Gasteiger partial charge in [-0.1, -0.05) is 12.8 Å². The molecule has 5 nitrogen and oxygen atoms in total. The molecule has 1 saturated heterocycles. The van der Waals surface area contributed by atoms with Crippen LogP contribution < -0.4 is 0 Å². The van der Waals surface area contributed by atoms with Gasteiger partial charge in [0, 0.05) is 27.2 Å². The lowest BCUT2D eigenvalue weighted by atomic mass is 10.1. The van der Waals surface area contributed by atoms with Gasteiger partial charge in [0.15, 0.2) is 0 Å². The van der Waals surface area contributed by atoms with Crippen LogP contribution in [0.1, 0.15) is 38.5 Å². The first-order chi connectivity index (χ1) is 10.2. The molecule has 0 aromatic carbocycles. The number of fused-ring (bicyclic) bond motifs is 1. The molecule has 21 heavy (non-hydrogen) atoms. The van der Waals surface area contributed by atoms with Gasteiger partial charge >= 0.3 is 6.03 Å². The number of amides is 2. The summed E-state index contributed by atoms with van der Waals surface area (Å²) in [6, 6.07) is 0.298. The topological polar surface area (TPSA) is 42.0 Å². The molecule has 0 N–H and O–H groups in total. The summed E-state index contributed by atoms with van der Waals surface area (Å²) in [5.41, 5.74) is 0. The molecule has 0 aromatic heterocycles. The van der Waals surface area contributed by atoms with E-state index in [2.05, 4.69) is 0 Å². The Morgan fingerprint density at radius 2 is 2.00 bits per heavy atom. The molecule has 1 heterocycles. The maximum atomic E-state index is 12.3. The molecule has 2 aliphatic carbocycles. The van der Waals surface area contributed by atoms with Gasteiger partial charge in [-0.25, -0.2) is 4.79 Å². The number of nitrogens with zero attached hydrogens (tertiary/aromatic N) is 2. The molecule has 2 amide bonds. The number of morpholine rings is 1. The molecule has 3 atom stereocenters. The second-order valence-corrected chi connectivity index (χ2v) is 6.87. The van der Waals surface area contributed by atoms with Gasteiger partial charge in [-0.2, -0.15) is 0 Å². The number of carbonyl (C=O) groups excluding carboxylic acids is 1. The zero-order valence-corrected chi connectivity index (χ0v) is 13.3. The zero-order chi connectivity index (χ0) is 14.8. The predicted molar refractivity (Wildman–Crippen MR) is 80.2 cm³/mol. The Morgan fingerprint density at radius 3 is 2.71 bits per heavy atom. The van der Waals surface area contributed by atoms with Gasteiger partial charge in [0.1, 0.15) is 6.10 Å². The Labute approximate surface area is 127 Å². The van der Waals surface area contributed by atoms with Gasteiger partial charge in [0.05, 0.1) is 18.8 Å². The monoisotopic (exact) mass is 296 g/mol. The van der Waals surface area contributed by atoms with E-state index in [4.69, 9.17) is 9.47 Å². The Bertz CT molecular complexity index is 369. The summed E-state index contributed by atoms with van der Waals surface area (Å²) in [5.74, 6) is 0.743. The minimum absolute atomic E-state index is 0.0732. The van der Waals surface area contributed by atoms with Crippen LogP contribution in [0.2, 0.25) is 0 Å². The summed E-state index contributed by atoms with van der Waals surface area (Å²) in [4.78, 5) is 15.9. The van der Waals surface area contributed by atoms with Crippen molar-refractivity contribution in [3.63, 3.8) is 0 Å².